The Kier molecular flexibility index (Phi) is 3.89. The Balaban J connectivity index is 3.00. The molecule has 1 N–H and O–H groups in total. The lowest BCUT2D eigenvalue weighted by molar-refractivity contribution is 0.618. The Morgan fingerprint density at radius 1 is 1.86 bits per heavy atom. The van der Waals surface area contributed by atoms with Crippen LogP contribution in [0.5, 0.6) is 0 Å². The van der Waals surface area contributed by atoms with E-state index in [1.165, 1.54) is 0 Å². The van der Waals surface area contributed by atoms with E-state index in [0.717, 1.165) is 6.42 Å². The SMILES string of the molecule is CCCC(=N)OS. The van der Waals surface area contributed by atoms with Gasteiger partial charge in [0.15, 0.2) is 5.90 Å². The minimum atomic E-state index is 0.242. The second-order valence-corrected chi connectivity index (χ2v) is 1.45. The first-order valence-corrected chi connectivity index (χ1v) is 2.56. The Morgan fingerprint density at radius 3 is 2.57 bits per heavy atom. The molecule has 3 heteroatoms. The predicted molar refractivity (Wildman–Crippen MR) is 32.7 cm³/mol. The van der Waals surface area contributed by atoms with E-state index in [1.807, 2.05) is 6.92 Å². The molecule has 0 aromatic carbocycles. The van der Waals surface area contributed by atoms with Crippen molar-refractivity contribution in [2.24, 2.45) is 0 Å². The Morgan fingerprint density at radius 2 is 2.43 bits per heavy atom. The molecule has 0 spiro atoms. The molecule has 0 rings (SSSR count). The zero-order chi connectivity index (χ0) is 5.70. The van der Waals surface area contributed by atoms with E-state index in [2.05, 4.69) is 17.1 Å². The lowest BCUT2D eigenvalue weighted by Crippen LogP contribution is -1.92. The van der Waals surface area contributed by atoms with E-state index < -0.39 is 0 Å². The van der Waals surface area contributed by atoms with Crippen LogP contribution < -0.4 is 0 Å². The normalized spacial score (nSPS) is 8.29. The van der Waals surface area contributed by atoms with Crippen molar-refractivity contribution in [2.45, 2.75) is 19.8 Å². The molecule has 2 nitrogen and oxygen atoms in total. The van der Waals surface area contributed by atoms with Gasteiger partial charge in [0.25, 0.3) is 0 Å². The molecule has 0 heterocycles. The average molecular weight is 119 g/mol. The van der Waals surface area contributed by atoms with Gasteiger partial charge in [-0.2, -0.15) is 0 Å². The first kappa shape index (κ1) is 6.82. The summed E-state index contributed by atoms with van der Waals surface area (Å²) < 4.78 is 4.27. The Hall–Kier alpha value is -0.180. The number of hydrogen-bond acceptors (Lipinski definition) is 3. The van der Waals surface area contributed by atoms with E-state index >= 15 is 0 Å². The molecule has 0 aliphatic carbocycles. The van der Waals surface area contributed by atoms with Crippen LogP contribution in [-0.2, 0) is 4.18 Å². The molecule has 0 aromatic heterocycles. The van der Waals surface area contributed by atoms with Crippen molar-refractivity contribution in [1.82, 2.24) is 0 Å². The fraction of sp³-hybridized carbons (Fsp3) is 0.750. The van der Waals surface area contributed by atoms with Gasteiger partial charge in [-0.15, -0.1) is 0 Å². The number of nitrogens with one attached hydrogen (secondary N) is 1. The van der Waals surface area contributed by atoms with Crippen molar-refractivity contribution >= 4 is 18.8 Å². The number of rotatable bonds is 2. The van der Waals surface area contributed by atoms with Gasteiger partial charge in [0.1, 0.15) is 0 Å². The van der Waals surface area contributed by atoms with Crippen molar-refractivity contribution in [2.75, 3.05) is 0 Å². The molecule has 0 saturated heterocycles. The van der Waals surface area contributed by atoms with E-state index in [9.17, 15) is 0 Å². The van der Waals surface area contributed by atoms with Crippen LogP contribution in [0.3, 0.4) is 0 Å². The van der Waals surface area contributed by atoms with Crippen LogP contribution in [0, 0.1) is 5.41 Å². The summed E-state index contributed by atoms with van der Waals surface area (Å²) in [5, 5.41) is 6.84. The zero-order valence-electron chi connectivity index (χ0n) is 4.27. The molecule has 0 aromatic rings. The minimum Gasteiger partial charge on any atom is -0.414 e. The summed E-state index contributed by atoms with van der Waals surface area (Å²) in [6.07, 6.45) is 1.63. The van der Waals surface area contributed by atoms with Gasteiger partial charge >= 0.3 is 0 Å². The maximum Gasteiger partial charge on any atom is 0.196 e. The van der Waals surface area contributed by atoms with Crippen LogP contribution in [0.1, 0.15) is 19.8 Å². The summed E-state index contributed by atoms with van der Waals surface area (Å²) in [7, 11) is 0. The third-order valence-corrected chi connectivity index (χ3v) is 0.808. The smallest absolute Gasteiger partial charge is 0.196 e. The summed E-state index contributed by atoms with van der Waals surface area (Å²) in [6, 6.07) is 0. The molecule has 0 fully saturated rings. The molecule has 7 heavy (non-hydrogen) atoms. The summed E-state index contributed by atoms with van der Waals surface area (Å²) in [4.78, 5) is 0. The molecule has 0 amide bonds. The van der Waals surface area contributed by atoms with Crippen molar-refractivity contribution in [3.8, 4) is 0 Å². The van der Waals surface area contributed by atoms with Crippen LogP contribution >= 0.6 is 12.9 Å². The van der Waals surface area contributed by atoms with E-state index in [0.29, 0.717) is 6.42 Å². The minimum absolute atomic E-state index is 0.242. The van der Waals surface area contributed by atoms with E-state index in [-0.39, 0.29) is 5.90 Å². The highest BCUT2D eigenvalue weighted by atomic mass is 32.1. The lowest BCUT2D eigenvalue weighted by Gasteiger charge is -1.93. The summed E-state index contributed by atoms with van der Waals surface area (Å²) in [6.45, 7) is 1.99. The highest BCUT2D eigenvalue weighted by Crippen LogP contribution is 1.91. The van der Waals surface area contributed by atoms with Gasteiger partial charge in [-0.05, 0) is 6.42 Å². The molecule has 42 valence electrons. The third kappa shape index (κ3) is 3.66. The number of hydrogen-bond donors (Lipinski definition) is 2. The molecule has 0 aliphatic heterocycles. The van der Waals surface area contributed by atoms with Gasteiger partial charge < -0.3 is 4.18 Å². The van der Waals surface area contributed by atoms with Crippen molar-refractivity contribution < 1.29 is 4.18 Å². The van der Waals surface area contributed by atoms with Crippen LogP contribution in [0.15, 0.2) is 0 Å². The molecule has 0 bridgehead atoms. The standard InChI is InChI=1S/C4H9NOS/c1-2-3-4(5)6-7/h5,7H,2-3H2,1H3. The lowest BCUT2D eigenvalue weighted by atomic mass is 10.3. The maximum atomic E-state index is 6.84. The van der Waals surface area contributed by atoms with Gasteiger partial charge in [0, 0.05) is 19.3 Å². The average Bonchev–Trinajstić information content (AvgIpc) is 1.68. The zero-order valence-corrected chi connectivity index (χ0v) is 5.16. The highest BCUT2D eigenvalue weighted by molar-refractivity contribution is 7.75. The van der Waals surface area contributed by atoms with Crippen molar-refractivity contribution in [3.05, 3.63) is 0 Å². The topological polar surface area (TPSA) is 33.1 Å². The fourth-order valence-corrected chi connectivity index (χ4v) is 0.364. The van der Waals surface area contributed by atoms with Crippen LogP contribution in [0.25, 0.3) is 0 Å². The first-order chi connectivity index (χ1) is 3.31. The van der Waals surface area contributed by atoms with Crippen LogP contribution in [0.2, 0.25) is 0 Å². The summed E-state index contributed by atoms with van der Waals surface area (Å²) in [5.74, 6) is 0.242. The van der Waals surface area contributed by atoms with Gasteiger partial charge in [0.05, 0.1) is 0 Å². The largest absolute Gasteiger partial charge is 0.414 e. The Labute approximate surface area is 49.0 Å². The first-order valence-electron chi connectivity index (χ1n) is 2.20. The summed E-state index contributed by atoms with van der Waals surface area (Å²) in [5.41, 5.74) is 0. The monoisotopic (exact) mass is 119 g/mol. The van der Waals surface area contributed by atoms with Crippen LogP contribution in [-0.4, -0.2) is 5.90 Å². The second-order valence-electron chi connectivity index (χ2n) is 1.26. The molecule has 0 radical (unpaired) electrons. The molecular formula is C4H9NOS. The maximum absolute atomic E-state index is 6.84. The second kappa shape index (κ2) is 3.99. The molecule has 0 atom stereocenters. The predicted octanol–water partition coefficient (Wildman–Crippen LogP) is 1.63. The van der Waals surface area contributed by atoms with Crippen molar-refractivity contribution in [1.29, 1.82) is 5.41 Å². The van der Waals surface area contributed by atoms with Gasteiger partial charge in [-0.1, -0.05) is 6.92 Å². The fourth-order valence-electron chi connectivity index (χ4n) is 0.273. The molecule has 0 unspecified atom stereocenters. The van der Waals surface area contributed by atoms with Gasteiger partial charge in [0.2, 0.25) is 0 Å². The Bertz CT molecular complexity index is 64.7. The third-order valence-electron chi connectivity index (χ3n) is 0.587. The van der Waals surface area contributed by atoms with Gasteiger partial charge in [-0.3, -0.25) is 5.41 Å². The van der Waals surface area contributed by atoms with Crippen molar-refractivity contribution in [3.63, 3.8) is 0 Å². The summed E-state index contributed by atoms with van der Waals surface area (Å²) >= 11 is 3.42. The van der Waals surface area contributed by atoms with Gasteiger partial charge in [-0.25, -0.2) is 0 Å². The molecule has 0 aliphatic rings. The van der Waals surface area contributed by atoms with E-state index in [1.54, 1.807) is 0 Å². The van der Waals surface area contributed by atoms with Crippen LogP contribution in [0.4, 0.5) is 0 Å². The number of thiol groups is 1. The molecule has 0 saturated carbocycles. The quantitative estimate of drug-likeness (QED) is 0.246. The molecular weight excluding hydrogens is 110 g/mol. The highest BCUT2D eigenvalue weighted by Gasteiger charge is 1.88. The van der Waals surface area contributed by atoms with E-state index in [4.69, 9.17) is 5.41 Å².